The van der Waals surface area contributed by atoms with Crippen LogP contribution in [0.2, 0.25) is 0 Å². The molecule has 0 spiro atoms. The number of hydrogen-bond donors (Lipinski definition) is 2. The highest BCUT2D eigenvalue weighted by Gasteiger charge is 2.17. The maximum absolute atomic E-state index is 12.4. The fraction of sp³-hybridized carbons (Fsp3) is 0.588. The molecule has 1 amide bonds. The van der Waals surface area contributed by atoms with Crippen molar-refractivity contribution in [2.24, 2.45) is 0 Å². The summed E-state index contributed by atoms with van der Waals surface area (Å²) >= 11 is 0. The standard InChI is InChI=1S/C17H24N2O.ClH/c20-17(19-16-6-4-2-1-3-5-7-16)13-8-9-14-11-18-12-15(14)10-13;/h8-10,16,18H,1-7,11-12H2,(H,19,20);1H. The maximum Gasteiger partial charge on any atom is 0.251 e. The highest BCUT2D eigenvalue weighted by Crippen LogP contribution is 2.19. The van der Waals surface area contributed by atoms with Crippen molar-refractivity contribution < 1.29 is 4.79 Å². The van der Waals surface area contributed by atoms with Crippen LogP contribution in [0.3, 0.4) is 0 Å². The summed E-state index contributed by atoms with van der Waals surface area (Å²) in [6.07, 6.45) is 8.76. The van der Waals surface area contributed by atoms with E-state index in [1.807, 2.05) is 12.1 Å². The van der Waals surface area contributed by atoms with E-state index in [1.165, 1.54) is 43.2 Å². The largest absolute Gasteiger partial charge is 0.349 e. The normalized spacial score (nSPS) is 19.0. The number of amides is 1. The number of carbonyl (C=O) groups excluding carboxylic acids is 1. The maximum atomic E-state index is 12.4. The van der Waals surface area contributed by atoms with Crippen molar-refractivity contribution in [3.63, 3.8) is 0 Å². The van der Waals surface area contributed by atoms with E-state index < -0.39 is 0 Å². The second kappa shape index (κ2) is 7.81. The first-order chi connectivity index (χ1) is 9.83. The summed E-state index contributed by atoms with van der Waals surface area (Å²) in [5.41, 5.74) is 3.41. The Morgan fingerprint density at radius 2 is 1.67 bits per heavy atom. The highest BCUT2D eigenvalue weighted by atomic mass is 35.5. The van der Waals surface area contributed by atoms with Gasteiger partial charge in [0.05, 0.1) is 0 Å². The van der Waals surface area contributed by atoms with Crippen molar-refractivity contribution in [2.75, 3.05) is 0 Å². The predicted octanol–water partition coefficient (Wildman–Crippen LogP) is 3.55. The smallest absolute Gasteiger partial charge is 0.251 e. The summed E-state index contributed by atoms with van der Waals surface area (Å²) < 4.78 is 0. The molecule has 1 aliphatic carbocycles. The van der Waals surface area contributed by atoms with Crippen molar-refractivity contribution in [3.8, 4) is 0 Å². The molecule has 2 N–H and O–H groups in total. The monoisotopic (exact) mass is 308 g/mol. The summed E-state index contributed by atoms with van der Waals surface area (Å²) in [6, 6.07) is 6.47. The summed E-state index contributed by atoms with van der Waals surface area (Å²) in [5, 5.41) is 6.55. The second-order valence-corrected chi connectivity index (χ2v) is 6.10. The van der Waals surface area contributed by atoms with Crippen LogP contribution in [0.1, 0.15) is 66.4 Å². The third-order valence-corrected chi connectivity index (χ3v) is 4.54. The van der Waals surface area contributed by atoms with Gasteiger partial charge in [0.2, 0.25) is 0 Å². The van der Waals surface area contributed by atoms with Gasteiger partial charge in [-0.2, -0.15) is 0 Å². The Balaban J connectivity index is 0.00000161. The van der Waals surface area contributed by atoms with Crippen LogP contribution in [0, 0.1) is 0 Å². The number of fused-ring (bicyclic) bond motifs is 1. The minimum absolute atomic E-state index is 0. The van der Waals surface area contributed by atoms with Gasteiger partial charge in [-0.3, -0.25) is 4.79 Å². The number of rotatable bonds is 2. The summed E-state index contributed by atoms with van der Waals surface area (Å²) in [7, 11) is 0. The third-order valence-electron chi connectivity index (χ3n) is 4.54. The van der Waals surface area contributed by atoms with Crippen LogP contribution < -0.4 is 10.6 Å². The van der Waals surface area contributed by atoms with Crippen molar-refractivity contribution >= 4 is 18.3 Å². The van der Waals surface area contributed by atoms with E-state index in [4.69, 9.17) is 0 Å². The molecule has 1 saturated carbocycles. The van der Waals surface area contributed by atoms with Crippen molar-refractivity contribution in [3.05, 3.63) is 34.9 Å². The Labute approximate surface area is 133 Å². The SMILES string of the molecule is Cl.O=C(NC1CCCCCCC1)c1ccc2c(c1)CNC2. The van der Waals surface area contributed by atoms with E-state index in [-0.39, 0.29) is 18.3 Å². The topological polar surface area (TPSA) is 41.1 Å². The van der Waals surface area contributed by atoms with Crippen LogP contribution in [0.5, 0.6) is 0 Å². The molecule has 116 valence electrons. The van der Waals surface area contributed by atoms with Gasteiger partial charge >= 0.3 is 0 Å². The Morgan fingerprint density at radius 1 is 1.00 bits per heavy atom. The van der Waals surface area contributed by atoms with Gasteiger partial charge in [-0.05, 0) is 36.1 Å². The van der Waals surface area contributed by atoms with Gasteiger partial charge in [0.25, 0.3) is 5.91 Å². The molecule has 0 atom stereocenters. The molecule has 0 radical (unpaired) electrons. The summed E-state index contributed by atoms with van der Waals surface area (Å²) in [5.74, 6) is 0.102. The zero-order chi connectivity index (χ0) is 13.8. The van der Waals surface area contributed by atoms with E-state index in [0.29, 0.717) is 6.04 Å². The van der Waals surface area contributed by atoms with Gasteiger partial charge in [-0.15, -0.1) is 12.4 Å². The summed E-state index contributed by atoms with van der Waals surface area (Å²) in [4.78, 5) is 12.4. The van der Waals surface area contributed by atoms with Crippen LogP contribution >= 0.6 is 12.4 Å². The lowest BCUT2D eigenvalue weighted by Crippen LogP contribution is -2.35. The van der Waals surface area contributed by atoms with Crippen molar-refractivity contribution in [1.29, 1.82) is 0 Å². The first-order valence-electron chi connectivity index (χ1n) is 7.96. The van der Waals surface area contributed by atoms with Gasteiger partial charge < -0.3 is 10.6 Å². The molecule has 1 heterocycles. The van der Waals surface area contributed by atoms with Crippen LogP contribution in [-0.4, -0.2) is 11.9 Å². The molecular formula is C17H25ClN2O. The van der Waals surface area contributed by atoms with Gasteiger partial charge in [0.15, 0.2) is 0 Å². The van der Waals surface area contributed by atoms with Crippen LogP contribution in [0.4, 0.5) is 0 Å². The first-order valence-corrected chi connectivity index (χ1v) is 7.96. The van der Waals surface area contributed by atoms with Gasteiger partial charge in [-0.1, -0.05) is 38.2 Å². The fourth-order valence-corrected chi connectivity index (χ4v) is 3.31. The Morgan fingerprint density at radius 3 is 2.43 bits per heavy atom. The number of hydrogen-bond acceptors (Lipinski definition) is 2. The molecule has 1 fully saturated rings. The molecule has 0 unspecified atom stereocenters. The van der Waals surface area contributed by atoms with E-state index >= 15 is 0 Å². The van der Waals surface area contributed by atoms with Gasteiger partial charge in [0, 0.05) is 24.7 Å². The molecule has 0 bridgehead atoms. The Hall–Kier alpha value is -1.06. The average molecular weight is 309 g/mol. The zero-order valence-electron chi connectivity index (χ0n) is 12.5. The average Bonchev–Trinajstić information content (AvgIpc) is 2.88. The van der Waals surface area contributed by atoms with E-state index in [0.717, 1.165) is 31.5 Å². The van der Waals surface area contributed by atoms with Gasteiger partial charge in [-0.25, -0.2) is 0 Å². The lowest BCUT2D eigenvalue weighted by atomic mass is 9.96. The number of halogens is 1. The van der Waals surface area contributed by atoms with Crippen molar-refractivity contribution in [2.45, 2.75) is 64.1 Å². The number of nitrogens with one attached hydrogen (secondary N) is 2. The number of benzene rings is 1. The molecule has 21 heavy (non-hydrogen) atoms. The van der Waals surface area contributed by atoms with E-state index in [2.05, 4.69) is 16.7 Å². The second-order valence-electron chi connectivity index (χ2n) is 6.10. The molecular weight excluding hydrogens is 284 g/mol. The highest BCUT2D eigenvalue weighted by molar-refractivity contribution is 5.94. The molecule has 1 aromatic rings. The van der Waals surface area contributed by atoms with E-state index in [9.17, 15) is 4.79 Å². The molecule has 4 heteroatoms. The lowest BCUT2D eigenvalue weighted by Gasteiger charge is -2.21. The molecule has 2 aliphatic rings. The lowest BCUT2D eigenvalue weighted by molar-refractivity contribution is 0.0930. The van der Waals surface area contributed by atoms with Crippen LogP contribution in [-0.2, 0) is 13.1 Å². The molecule has 0 saturated heterocycles. The summed E-state index contributed by atoms with van der Waals surface area (Å²) in [6.45, 7) is 1.82. The van der Waals surface area contributed by atoms with Crippen LogP contribution in [0.25, 0.3) is 0 Å². The molecule has 3 rings (SSSR count). The molecule has 0 aromatic heterocycles. The van der Waals surface area contributed by atoms with Gasteiger partial charge in [0.1, 0.15) is 0 Å². The minimum Gasteiger partial charge on any atom is -0.349 e. The first kappa shape index (κ1) is 16.3. The van der Waals surface area contributed by atoms with Crippen molar-refractivity contribution in [1.82, 2.24) is 10.6 Å². The fourth-order valence-electron chi connectivity index (χ4n) is 3.31. The zero-order valence-corrected chi connectivity index (χ0v) is 13.3. The Kier molecular flexibility index (Phi) is 6.07. The van der Waals surface area contributed by atoms with E-state index in [1.54, 1.807) is 0 Å². The van der Waals surface area contributed by atoms with Crippen LogP contribution in [0.15, 0.2) is 18.2 Å². The molecule has 1 aromatic carbocycles. The minimum atomic E-state index is 0. The quantitative estimate of drug-likeness (QED) is 0.877. The Bertz CT molecular complexity index is 482. The third kappa shape index (κ3) is 4.21. The molecule has 1 aliphatic heterocycles. The molecule has 3 nitrogen and oxygen atoms in total. The predicted molar refractivity (Wildman–Crippen MR) is 87.8 cm³/mol. The number of carbonyl (C=O) groups is 1.